The fourth-order valence-corrected chi connectivity index (χ4v) is 14.7. The Labute approximate surface area is 334 Å². The van der Waals surface area contributed by atoms with Gasteiger partial charge in [0.25, 0.3) is 5.91 Å². The number of hydrogen-bond donors (Lipinski definition) is 2. The fourth-order valence-electron chi connectivity index (χ4n) is 14.7. The summed E-state index contributed by atoms with van der Waals surface area (Å²) in [5, 5.41) is 12.7. The van der Waals surface area contributed by atoms with Crippen molar-refractivity contribution in [3.63, 3.8) is 0 Å². The molecule has 1 heterocycles. The van der Waals surface area contributed by atoms with Gasteiger partial charge in [-0.25, -0.2) is 0 Å². The Balaban J connectivity index is 0.943. The number of carbonyl (C=O) groups excluding carboxylic acids is 3. The molecule has 8 rings (SSSR count). The molecule has 13 atom stereocenters. The number of ether oxygens (including phenoxy) is 2. The summed E-state index contributed by atoms with van der Waals surface area (Å²) < 4.78 is 11.4. The average molecular weight is 770 g/mol. The van der Waals surface area contributed by atoms with Crippen LogP contribution in [-0.2, 0) is 19.1 Å². The summed E-state index contributed by atoms with van der Waals surface area (Å²) in [6, 6.07) is 7.40. The number of amides is 1. The van der Waals surface area contributed by atoms with E-state index in [2.05, 4.69) is 39.9 Å². The first-order valence-electron chi connectivity index (χ1n) is 22.3. The van der Waals surface area contributed by atoms with Gasteiger partial charge in [-0.05, 0) is 152 Å². The largest absolute Gasteiger partial charge is 0.488 e. The zero-order valence-electron chi connectivity index (χ0n) is 34.9. The molecule has 1 saturated heterocycles. The van der Waals surface area contributed by atoms with Crippen LogP contribution in [0.4, 0.5) is 0 Å². The summed E-state index contributed by atoms with van der Waals surface area (Å²) in [6.45, 7) is 15.9. The second-order valence-electron chi connectivity index (χ2n) is 20.5. The van der Waals surface area contributed by atoms with E-state index in [1.165, 1.54) is 31.3 Å². The number of aliphatic carboxylic acids is 1. The number of carboxylic acid groups (broad SMARTS) is 1. The maximum Gasteiger partial charge on any atom is 0.306 e. The second kappa shape index (κ2) is 15.0. The van der Waals surface area contributed by atoms with Crippen LogP contribution in [-0.4, -0.2) is 54.4 Å². The minimum atomic E-state index is -0.758. The van der Waals surface area contributed by atoms with Gasteiger partial charge in [-0.15, -0.1) is 0 Å². The summed E-state index contributed by atoms with van der Waals surface area (Å²) in [4.78, 5) is 52.4. The smallest absolute Gasteiger partial charge is 0.306 e. The number of ketones is 2. The Kier molecular flexibility index (Phi) is 10.7. The first-order valence-corrected chi connectivity index (χ1v) is 22.3. The molecule has 6 aliphatic carbocycles. The van der Waals surface area contributed by atoms with Crippen molar-refractivity contribution in [2.24, 2.45) is 75.4 Å². The fraction of sp³-hybridized carbons (Fsp3) is 0.750. The van der Waals surface area contributed by atoms with Gasteiger partial charge < -0.3 is 19.9 Å². The molecule has 7 aliphatic rings. The second-order valence-corrected chi connectivity index (χ2v) is 20.5. The van der Waals surface area contributed by atoms with Gasteiger partial charge in [0.1, 0.15) is 17.6 Å². The summed E-state index contributed by atoms with van der Waals surface area (Å²) >= 11 is 0. The standard InChI is InChI=1S/C48H67NO7/c1-27(2)42-40(51)25-48(20-21-49-44(52)30-7-9-32(10-8-30)56-33-16-22-55-26-33)19-15-38-34(43(42)48)11-12-41-46(5)17-13-31(28(3)37(46)14-18-47(38,41)6)23-39(50)35-24-36(29(35)4)45(53)54/h7-10,27-29,31,33-38,41H,11-26H2,1-6H3,(H,49,52)(H,53,54). The summed E-state index contributed by atoms with van der Waals surface area (Å²) in [6.07, 6.45) is 12.6. The first kappa shape index (κ1) is 39.8. The van der Waals surface area contributed by atoms with Gasteiger partial charge in [0.15, 0.2) is 5.78 Å². The van der Waals surface area contributed by atoms with Crippen LogP contribution in [0.25, 0.3) is 0 Å². The van der Waals surface area contributed by atoms with E-state index in [1.54, 1.807) is 0 Å². The van der Waals surface area contributed by atoms with Crippen LogP contribution in [0.2, 0.25) is 0 Å². The van der Waals surface area contributed by atoms with Crippen LogP contribution < -0.4 is 10.1 Å². The van der Waals surface area contributed by atoms with Crippen molar-refractivity contribution >= 4 is 23.4 Å². The number of carbonyl (C=O) groups is 4. The molecular weight excluding hydrogens is 703 g/mol. The molecule has 6 fully saturated rings. The number of rotatable bonds is 11. The van der Waals surface area contributed by atoms with Crippen LogP contribution >= 0.6 is 0 Å². The lowest BCUT2D eigenvalue weighted by molar-refractivity contribution is -0.172. The van der Waals surface area contributed by atoms with Gasteiger partial charge in [-0.3, -0.25) is 19.2 Å². The molecule has 8 nitrogen and oxygen atoms in total. The predicted molar refractivity (Wildman–Crippen MR) is 215 cm³/mol. The zero-order valence-corrected chi connectivity index (χ0v) is 34.9. The van der Waals surface area contributed by atoms with E-state index in [4.69, 9.17) is 9.47 Å². The predicted octanol–water partition coefficient (Wildman–Crippen LogP) is 9.11. The number of allylic oxidation sites excluding steroid dienone is 2. The molecule has 0 aromatic heterocycles. The molecule has 13 unspecified atom stereocenters. The molecule has 5 saturated carbocycles. The van der Waals surface area contributed by atoms with Crippen molar-refractivity contribution in [3.8, 4) is 5.75 Å². The van der Waals surface area contributed by atoms with E-state index in [0.29, 0.717) is 85.1 Å². The molecule has 56 heavy (non-hydrogen) atoms. The number of benzene rings is 1. The first-order chi connectivity index (χ1) is 26.7. The maximum atomic E-state index is 14.0. The number of fused-ring (bicyclic) bond motifs is 7. The van der Waals surface area contributed by atoms with Gasteiger partial charge in [0.05, 0.1) is 19.1 Å². The Morgan fingerprint density at radius 1 is 0.911 bits per heavy atom. The van der Waals surface area contributed by atoms with Crippen molar-refractivity contribution in [1.29, 1.82) is 0 Å². The lowest BCUT2D eigenvalue weighted by Crippen LogP contribution is -2.60. The minimum absolute atomic E-state index is 0.0505. The van der Waals surface area contributed by atoms with Crippen molar-refractivity contribution in [2.45, 2.75) is 131 Å². The van der Waals surface area contributed by atoms with Crippen LogP contribution in [0.5, 0.6) is 5.75 Å². The summed E-state index contributed by atoms with van der Waals surface area (Å²) in [7, 11) is 0. The third-order valence-corrected chi connectivity index (χ3v) is 17.7. The zero-order chi connectivity index (χ0) is 39.7. The van der Waals surface area contributed by atoms with Gasteiger partial charge in [0, 0.05) is 42.7 Å². The summed E-state index contributed by atoms with van der Waals surface area (Å²) in [5.41, 5.74) is 3.48. The third-order valence-electron chi connectivity index (χ3n) is 17.7. The lowest BCUT2D eigenvalue weighted by atomic mass is 9.37. The Morgan fingerprint density at radius 3 is 2.30 bits per heavy atom. The normalized spacial score (nSPS) is 41.6. The molecule has 1 aromatic rings. The molecule has 0 bridgehead atoms. The van der Waals surface area contributed by atoms with Gasteiger partial charge in [0.2, 0.25) is 0 Å². The van der Waals surface area contributed by atoms with Gasteiger partial charge in [-0.1, -0.05) is 47.1 Å². The van der Waals surface area contributed by atoms with E-state index in [-0.39, 0.29) is 51.9 Å². The highest BCUT2D eigenvalue weighted by molar-refractivity contribution is 6.00. The number of hydrogen-bond acceptors (Lipinski definition) is 6. The van der Waals surface area contributed by atoms with E-state index in [9.17, 15) is 24.3 Å². The molecule has 0 spiro atoms. The minimum Gasteiger partial charge on any atom is -0.488 e. The number of Topliss-reactive ketones (excluding diaryl/α,β-unsaturated/α-hetero) is 2. The molecule has 8 heteroatoms. The number of nitrogens with one attached hydrogen (secondary N) is 1. The molecule has 1 aromatic carbocycles. The molecular formula is C48H67NO7. The number of carboxylic acids is 1. The Hall–Kier alpha value is -3.00. The van der Waals surface area contributed by atoms with E-state index >= 15 is 0 Å². The Bertz CT molecular complexity index is 1740. The van der Waals surface area contributed by atoms with Crippen LogP contribution in [0.15, 0.2) is 35.4 Å². The van der Waals surface area contributed by atoms with Crippen molar-refractivity contribution in [1.82, 2.24) is 5.32 Å². The van der Waals surface area contributed by atoms with Crippen LogP contribution in [0, 0.1) is 75.4 Å². The van der Waals surface area contributed by atoms with Crippen molar-refractivity contribution in [3.05, 3.63) is 41.0 Å². The SMILES string of the molecule is CC(C)C1=C2C3CCC4C(C)(CCC5C(C)C(CC(=O)C6CC(C(=O)O)C6C)CCC54C)C3CCC2(CCNC(=O)c2ccc(OC3CCOC3)cc2)CC1=O. The quantitative estimate of drug-likeness (QED) is 0.231. The highest BCUT2D eigenvalue weighted by Gasteiger charge is 2.64. The van der Waals surface area contributed by atoms with Gasteiger partial charge >= 0.3 is 5.97 Å². The average Bonchev–Trinajstić information content (AvgIpc) is 3.77. The lowest BCUT2D eigenvalue weighted by Gasteiger charge is -2.67. The molecule has 306 valence electrons. The van der Waals surface area contributed by atoms with E-state index in [1.807, 2.05) is 31.2 Å². The topological polar surface area (TPSA) is 119 Å². The van der Waals surface area contributed by atoms with Crippen molar-refractivity contribution < 1.29 is 33.8 Å². The van der Waals surface area contributed by atoms with Crippen LogP contribution in [0.3, 0.4) is 0 Å². The van der Waals surface area contributed by atoms with E-state index in [0.717, 1.165) is 56.5 Å². The van der Waals surface area contributed by atoms with Gasteiger partial charge in [-0.2, -0.15) is 0 Å². The Morgan fingerprint density at radius 2 is 1.62 bits per heavy atom. The highest BCUT2D eigenvalue weighted by Crippen LogP contribution is 2.72. The monoisotopic (exact) mass is 769 g/mol. The molecule has 1 aliphatic heterocycles. The maximum absolute atomic E-state index is 14.0. The highest BCUT2D eigenvalue weighted by atomic mass is 16.5. The van der Waals surface area contributed by atoms with Crippen LogP contribution in [0.1, 0.15) is 135 Å². The molecule has 0 radical (unpaired) electrons. The van der Waals surface area contributed by atoms with E-state index < -0.39 is 5.97 Å². The molecule has 1 amide bonds. The third kappa shape index (κ3) is 6.60. The van der Waals surface area contributed by atoms with Crippen molar-refractivity contribution in [2.75, 3.05) is 19.8 Å². The molecule has 2 N–H and O–H groups in total. The summed E-state index contributed by atoms with van der Waals surface area (Å²) in [5.74, 6) is 3.34.